The minimum atomic E-state index is -0.157. The molecule has 0 aliphatic heterocycles. The average Bonchev–Trinajstić information content (AvgIpc) is 3.11. The van der Waals surface area contributed by atoms with Crippen LogP contribution in [0, 0.1) is 6.92 Å². The van der Waals surface area contributed by atoms with Gasteiger partial charge in [-0.05, 0) is 36.6 Å². The summed E-state index contributed by atoms with van der Waals surface area (Å²) in [7, 11) is 1.81. The molecule has 0 radical (unpaired) electrons. The monoisotopic (exact) mass is 402 g/mol. The first-order valence-electron chi connectivity index (χ1n) is 10.3. The van der Waals surface area contributed by atoms with Gasteiger partial charge in [0.1, 0.15) is 17.0 Å². The van der Waals surface area contributed by atoms with E-state index in [1.54, 1.807) is 21.6 Å². The molecule has 0 fully saturated rings. The zero-order chi connectivity index (χ0) is 21.3. The van der Waals surface area contributed by atoms with E-state index in [0.717, 1.165) is 24.0 Å². The lowest BCUT2D eigenvalue weighted by Gasteiger charge is -2.18. The van der Waals surface area contributed by atoms with Crippen LogP contribution in [-0.4, -0.2) is 38.4 Å². The molecular formula is C24H26N4O2. The highest BCUT2D eigenvalue weighted by molar-refractivity contribution is 5.98. The summed E-state index contributed by atoms with van der Waals surface area (Å²) in [6, 6.07) is 15.4. The number of nitrogens with zero attached hydrogens (tertiary/aromatic N) is 4. The Kier molecular flexibility index (Phi) is 5.40. The molecule has 0 unspecified atom stereocenters. The molecule has 0 aliphatic carbocycles. The number of carbonyl (C=O) groups excluding carboxylic acids is 1. The van der Waals surface area contributed by atoms with Crippen LogP contribution < -0.4 is 5.56 Å². The van der Waals surface area contributed by atoms with Crippen molar-refractivity contribution in [3.8, 4) is 0 Å². The van der Waals surface area contributed by atoms with Crippen LogP contribution in [0.2, 0.25) is 0 Å². The number of pyridine rings is 1. The maximum atomic E-state index is 13.3. The summed E-state index contributed by atoms with van der Waals surface area (Å²) in [5, 5.41) is 0.460. The van der Waals surface area contributed by atoms with Crippen LogP contribution in [0.1, 0.15) is 41.4 Å². The van der Waals surface area contributed by atoms with Gasteiger partial charge in [0.2, 0.25) is 0 Å². The molecule has 0 saturated heterocycles. The fourth-order valence-corrected chi connectivity index (χ4v) is 3.70. The molecule has 154 valence electrons. The summed E-state index contributed by atoms with van der Waals surface area (Å²) in [4.78, 5) is 32.9. The number of rotatable bonds is 6. The van der Waals surface area contributed by atoms with Crippen molar-refractivity contribution in [1.82, 2.24) is 18.9 Å². The van der Waals surface area contributed by atoms with Gasteiger partial charge in [0, 0.05) is 26.3 Å². The second kappa shape index (κ2) is 8.14. The van der Waals surface area contributed by atoms with Crippen molar-refractivity contribution in [3.63, 3.8) is 0 Å². The molecule has 6 nitrogen and oxygen atoms in total. The van der Waals surface area contributed by atoms with E-state index >= 15 is 0 Å². The third-order valence-electron chi connectivity index (χ3n) is 5.41. The minimum Gasteiger partial charge on any atom is -0.340 e. The number of carbonyl (C=O) groups is 1. The second-order valence-electron chi connectivity index (χ2n) is 7.77. The third kappa shape index (κ3) is 3.61. The van der Waals surface area contributed by atoms with Crippen LogP contribution >= 0.6 is 0 Å². The second-order valence-corrected chi connectivity index (χ2v) is 7.77. The average molecular weight is 402 g/mol. The van der Waals surface area contributed by atoms with Gasteiger partial charge in [-0.3, -0.25) is 14.0 Å². The molecule has 3 aromatic heterocycles. The molecule has 0 atom stereocenters. The topological polar surface area (TPSA) is 59.6 Å². The lowest BCUT2D eigenvalue weighted by molar-refractivity contribution is 0.0783. The number of hydrogen-bond acceptors (Lipinski definition) is 3. The molecule has 6 heteroatoms. The number of hydrogen-bond donors (Lipinski definition) is 0. The maximum Gasteiger partial charge on any atom is 0.270 e. The summed E-state index contributed by atoms with van der Waals surface area (Å²) in [5.41, 5.74) is 3.47. The van der Waals surface area contributed by atoms with E-state index in [9.17, 15) is 9.59 Å². The van der Waals surface area contributed by atoms with Crippen LogP contribution in [0.3, 0.4) is 0 Å². The maximum absolute atomic E-state index is 13.3. The normalized spacial score (nSPS) is 11.3. The molecule has 0 saturated carbocycles. The first kappa shape index (κ1) is 19.9. The number of unbranched alkanes of at least 4 members (excludes halogenated alkanes) is 1. The number of benzene rings is 1. The van der Waals surface area contributed by atoms with Gasteiger partial charge in [-0.1, -0.05) is 49.7 Å². The molecule has 0 aliphatic rings. The molecule has 1 amide bonds. The summed E-state index contributed by atoms with van der Waals surface area (Å²) in [6.45, 7) is 5.19. The lowest BCUT2D eigenvalue weighted by atomic mass is 10.2. The van der Waals surface area contributed by atoms with E-state index in [2.05, 4.69) is 6.92 Å². The summed E-state index contributed by atoms with van der Waals surface area (Å²) >= 11 is 0. The van der Waals surface area contributed by atoms with E-state index in [0.29, 0.717) is 35.5 Å². The summed E-state index contributed by atoms with van der Waals surface area (Å²) in [5.74, 6) is -0.0954. The van der Waals surface area contributed by atoms with Gasteiger partial charge in [-0.2, -0.15) is 0 Å². The van der Waals surface area contributed by atoms with E-state index in [-0.39, 0.29) is 11.5 Å². The number of fused-ring (bicyclic) bond motifs is 2. The molecule has 4 rings (SSSR count). The molecule has 30 heavy (non-hydrogen) atoms. The zero-order valence-corrected chi connectivity index (χ0v) is 17.6. The zero-order valence-electron chi connectivity index (χ0n) is 17.6. The Morgan fingerprint density at radius 3 is 2.63 bits per heavy atom. The highest BCUT2D eigenvalue weighted by Crippen LogP contribution is 2.20. The van der Waals surface area contributed by atoms with Crippen molar-refractivity contribution < 1.29 is 4.79 Å². The number of amides is 1. The van der Waals surface area contributed by atoms with Gasteiger partial charge in [0.25, 0.3) is 11.5 Å². The highest BCUT2D eigenvalue weighted by Gasteiger charge is 2.22. The molecule has 0 bridgehead atoms. The predicted octanol–water partition coefficient (Wildman–Crippen LogP) is 3.88. The van der Waals surface area contributed by atoms with Crippen LogP contribution in [0.4, 0.5) is 0 Å². The lowest BCUT2D eigenvalue weighted by Crippen LogP contribution is -2.29. The van der Waals surface area contributed by atoms with E-state index in [1.165, 1.54) is 0 Å². The number of aryl methyl sites for hydroxylation is 1. The number of aromatic nitrogens is 3. The fourth-order valence-electron chi connectivity index (χ4n) is 3.70. The SMILES string of the molecule is CCCCN(C)C(=O)c1cc2c(=O)n3cc(C)ccc3nc2n1Cc1ccccc1. The quantitative estimate of drug-likeness (QED) is 0.492. The Morgan fingerprint density at radius 1 is 1.13 bits per heavy atom. The Labute approximate surface area is 175 Å². The van der Waals surface area contributed by atoms with Gasteiger partial charge < -0.3 is 9.47 Å². The van der Waals surface area contributed by atoms with Gasteiger partial charge >= 0.3 is 0 Å². The third-order valence-corrected chi connectivity index (χ3v) is 5.41. The van der Waals surface area contributed by atoms with Crippen molar-refractivity contribution in [2.45, 2.75) is 33.2 Å². The van der Waals surface area contributed by atoms with Crippen molar-refractivity contribution in [1.29, 1.82) is 0 Å². The van der Waals surface area contributed by atoms with Gasteiger partial charge in [-0.15, -0.1) is 0 Å². The summed E-state index contributed by atoms with van der Waals surface area (Å²) in [6.07, 6.45) is 3.73. The van der Waals surface area contributed by atoms with Crippen LogP contribution in [-0.2, 0) is 6.54 Å². The first-order chi connectivity index (χ1) is 14.5. The molecule has 1 aromatic carbocycles. The molecule has 0 N–H and O–H groups in total. The van der Waals surface area contributed by atoms with Crippen LogP contribution in [0.15, 0.2) is 59.5 Å². The van der Waals surface area contributed by atoms with Crippen molar-refractivity contribution in [2.24, 2.45) is 0 Å². The Morgan fingerprint density at radius 2 is 1.90 bits per heavy atom. The van der Waals surface area contributed by atoms with Crippen LogP contribution in [0.5, 0.6) is 0 Å². The standard InChI is InChI=1S/C24H26N4O2/c1-4-5-13-26(3)24(30)20-14-19-22(27(20)16-18-9-7-6-8-10-18)25-21-12-11-17(2)15-28(21)23(19)29/h6-12,14-15H,4-5,13,16H2,1-3H3. The van der Waals surface area contributed by atoms with Gasteiger partial charge in [0.15, 0.2) is 0 Å². The Hall–Kier alpha value is -3.41. The Balaban J connectivity index is 1.93. The summed E-state index contributed by atoms with van der Waals surface area (Å²) < 4.78 is 3.43. The van der Waals surface area contributed by atoms with Crippen molar-refractivity contribution in [3.05, 3.63) is 81.9 Å². The smallest absolute Gasteiger partial charge is 0.270 e. The first-order valence-corrected chi connectivity index (χ1v) is 10.3. The van der Waals surface area contributed by atoms with E-state index in [4.69, 9.17) is 4.98 Å². The highest BCUT2D eigenvalue weighted by atomic mass is 16.2. The minimum absolute atomic E-state index is 0.0954. The fraction of sp³-hybridized carbons (Fsp3) is 0.292. The predicted molar refractivity (Wildman–Crippen MR) is 119 cm³/mol. The molecule has 0 spiro atoms. The van der Waals surface area contributed by atoms with Crippen LogP contribution in [0.25, 0.3) is 16.7 Å². The van der Waals surface area contributed by atoms with Gasteiger partial charge in [-0.25, -0.2) is 4.98 Å². The molecule has 3 heterocycles. The molecule has 4 aromatic rings. The van der Waals surface area contributed by atoms with Gasteiger partial charge in [0.05, 0.1) is 5.39 Å². The largest absolute Gasteiger partial charge is 0.340 e. The van der Waals surface area contributed by atoms with E-state index < -0.39 is 0 Å². The van der Waals surface area contributed by atoms with Crippen molar-refractivity contribution >= 4 is 22.6 Å². The van der Waals surface area contributed by atoms with Crippen molar-refractivity contribution in [2.75, 3.05) is 13.6 Å². The molecular weight excluding hydrogens is 376 g/mol. The Bertz CT molecular complexity index is 1270. The van der Waals surface area contributed by atoms with E-state index in [1.807, 2.05) is 61.0 Å².